The zero-order chi connectivity index (χ0) is 26.9. The summed E-state index contributed by atoms with van der Waals surface area (Å²) < 4.78 is 7.77. The van der Waals surface area contributed by atoms with Gasteiger partial charge in [0.2, 0.25) is 0 Å². The largest absolute Gasteiger partial charge is 0.462 e. The Bertz CT molecular complexity index is 1620. The molecule has 2 aromatic heterocycles. The molecule has 2 aliphatic heterocycles. The maximum absolute atomic E-state index is 14.2. The van der Waals surface area contributed by atoms with Gasteiger partial charge in [0.15, 0.2) is 11.3 Å². The van der Waals surface area contributed by atoms with E-state index in [-0.39, 0.29) is 29.2 Å². The van der Waals surface area contributed by atoms with Gasteiger partial charge in [0.1, 0.15) is 17.9 Å². The quantitative estimate of drug-likeness (QED) is 0.407. The van der Waals surface area contributed by atoms with Crippen molar-refractivity contribution in [1.29, 1.82) is 5.26 Å². The zero-order valence-corrected chi connectivity index (χ0v) is 22.3. The molecule has 10 nitrogen and oxygen atoms in total. The number of rotatable bonds is 6. The number of fused-ring (bicyclic) bond motifs is 2. The third-order valence-electron chi connectivity index (χ3n) is 7.82. The molecule has 2 atom stereocenters. The molecule has 0 unspecified atom stereocenters. The predicted molar refractivity (Wildman–Crippen MR) is 151 cm³/mol. The first-order chi connectivity index (χ1) is 19.0. The average Bonchev–Trinajstić information content (AvgIpc) is 3.36. The molecule has 6 rings (SSSR count). The maximum Gasteiger partial charge on any atom is 0.319 e. The van der Waals surface area contributed by atoms with Gasteiger partial charge in [-0.05, 0) is 44.8 Å². The first kappa shape index (κ1) is 25.2. The van der Waals surface area contributed by atoms with Crippen LogP contribution in [0.5, 0.6) is 6.01 Å². The fourth-order valence-corrected chi connectivity index (χ4v) is 5.74. The van der Waals surface area contributed by atoms with Crippen LogP contribution in [0.3, 0.4) is 0 Å². The molecule has 2 aromatic carbocycles. The molecule has 4 aromatic rings. The van der Waals surface area contributed by atoms with Crippen molar-refractivity contribution >= 4 is 27.6 Å². The highest BCUT2D eigenvalue weighted by molar-refractivity contribution is 5.91. The number of benzene rings is 2. The summed E-state index contributed by atoms with van der Waals surface area (Å²) in [5.74, 6) is 1.13. The van der Waals surface area contributed by atoms with Crippen LogP contribution in [-0.4, -0.2) is 76.3 Å². The Balaban J connectivity index is 1.50. The molecule has 0 radical (unpaired) electrons. The number of piperazine rings is 1. The summed E-state index contributed by atoms with van der Waals surface area (Å²) in [5.41, 5.74) is 1.18. The van der Waals surface area contributed by atoms with E-state index in [4.69, 9.17) is 14.7 Å². The Hall–Kier alpha value is -4.07. The molecular formula is C29H32N8O2. The molecule has 0 saturated carbocycles. The number of aromatic nitrogens is 4. The van der Waals surface area contributed by atoms with Gasteiger partial charge in [0.05, 0.1) is 18.2 Å². The molecule has 2 saturated heterocycles. The fourth-order valence-electron chi connectivity index (χ4n) is 5.74. The molecule has 200 valence electrons. The summed E-state index contributed by atoms with van der Waals surface area (Å²) in [6.45, 7) is 5.29. The van der Waals surface area contributed by atoms with Crippen molar-refractivity contribution < 1.29 is 4.74 Å². The predicted octanol–water partition coefficient (Wildman–Crippen LogP) is 2.80. The van der Waals surface area contributed by atoms with Crippen molar-refractivity contribution in [2.45, 2.75) is 38.3 Å². The van der Waals surface area contributed by atoms with Gasteiger partial charge in [0.25, 0.3) is 5.56 Å². The minimum Gasteiger partial charge on any atom is -0.462 e. The Morgan fingerprint density at radius 3 is 2.77 bits per heavy atom. The Kier molecular flexibility index (Phi) is 6.85. The molecule has 10 heteroatoms. The third kappa shape index (κ3) is 4.80. The van der Waals surface area contributed by atoms with Gasteiger partial charge in [-0.15, -0.1) is 0 Å². The number of aryl methyl sites for hydroxylation is 1. The van der Waals surface area contributed by atoms with Crippen LogP contribution in [0.25, 0.3) is 27.5 Å². The van der Waals surface area contributed by atoms with Crippen molar-refractivity contribution in [3.05, 3.63) is 58.6 Å². The van der Waals surface area contributed by atoms with Gasteiger partial charge in [-0.25, -0.2) is 4.98 Å². The summed E-state index contributed by atoms with van der Waals surface area (Å²) in [7, 11) is 2.10. The minimum absolute atomic E-state index is 0.00224. The summed E-state index contributed by atoms with van der Waals surface area (Å²) in [4.78, 5) is 32.9. The molecular weight excluding hydrogens is 492 g/mol. The zero-order valence-electron chi connectivity index (χ0n) is 22.3. The van der Waals surface area contributed by atoms with E-state index in [0.717, 1.165) is 35.8 Å². The molecule has 2 fully saturated rings. The van der Waals surface area contributed by atoms with Gasteiger partial charge >= 0.3 is 6.01 Å². The van der Waals surface area contributed by atoms with Crippen molar-refractivity contribution in [3.63, 3.8) is 0 Å². The van der Waals surface area contributed by atoms with Crippen LogP contribution in [0.1, 0.15) is 25.1 Å². The number of nitrogens with zero attached hydrogens (tertiary/aromatic N) is 7. The lowest BCUT2D eigenvalue weighted by Crippen LogP contribution is -2.51. The van der Waals surface area contributed by atoms with Gasteiger partial charge < -0.3 is 19.9 Å². The van der Waals surface area contributed by atoms with Crippen LogP contribution in [0.15, 0.2) is 47.3 Å². The van der Waals surface area contributed by atoms with E-state index in [2.05, 4.69) is 33.2 Å². The number of anilines is 1. The molecule has 1 N–H and O–H groups in total. The van der Waals surface area contributed by atoms with Crippen LogP contribution in [0.4, 0.5) is 5.82 Å². The highest BCUT2D eigenvalue weighted by Crippen LogP contribution is 2.28. The highest BCUT2D eigenvalue weighted by atomic mass is 16.5. The van der Waals surface area contributed by atoms with Gasteiger partial charge in [0, 0.05) is 37.1 Å². The molecule has 0 spiro atoms. The van der Waals surface area contributed by atoms with Crippen LogP contribution in [0, 0.1) is 18.3 Å². The summed E-state index contributed by atoms with van der Waals surface area (Å²) in [6.07, 6.45) is 2.57. The molecule has 39 heavy (non-hydrogen) atoms. The number of nitrogens with one attached hydrogen (secondary N) is 1. The second-order valence-corrected chi connectivity index (χ2v) is 10.4. The van der Waals surface area contributed by atoms with E-state index in [9.17, 15) is 10.1 Å². The second-order valence-electron chi connectivity index (χ2n) is 10.4. The monoisotopic (exact) mass is 524 g/mol. The van der Waals surface area contributed by atoms with E-state index in [1.54, 1.807) is 4.57 Å². The maximum atomic E-state index is 14.2. The van der Waals surface area contributed by atoms with Crippen LogP contribution in [-0.2, 0) is 0 Å². The average molecular weight is 525 g/mol. The fraction of sp³-hybridized carbons (Fsp3) is 0.414. The number of hydrogen-bond donors (Lipinski definition) is 1. The number of hydrogen-bond acceptors (Lipinski definition) is 9. The summed E-state index contributed by atoms with van der Waals surface area (Å²) >= 11 is 0. The Labute approximate surface area is 226 Å². The van der Waals surface area contributed by atoms with Crippen molar-refractivity contribution in [2.24, 2.45) is 0 Å². The third-order valence-corrected chi connectivity index (χ3v) is 7.82. The van der Waals surface area contributed by atoms with E-state index in [1.165, 1.54) is 0 Å². The molecule has 0 aliphatic carbocycles. The lowest BCUT2D eigenvalue weighted by atomic mass is 10.1. The molecule has 0 amide bonds. The van der Waals surface area contributed by atoms with Gasteiger partial charge in [-0.2, -0.15) is 15.2 Å². The van der Waals surface area contributed by atoms with Crippen LogP contribution in [0.2, 0.25) is 0 Å². The topological polar surface area (TPSA) is 112 Å². The van der Waals surface area contributed by atoms with E-state index in [1.807, 2.05) is 49.4 Å². The van der Waals surface area contributed by atoms with Gasteiger partial charge in [-0.1, -0.05) is 36.4 Å². The lowest BCUT2D eigenvalue weighted by Gasteiger charge is -2.34. The Morgan fingerprint density at radius 1 is 1.10 bits per heavy atom. The number of likely N-dealkylation sites (tertiary alicyclic amines) is 1. The number of nitriles is 1. The first-order valence-corrected chi connectivity index (χ1v) is 13.5. The van der Waals surface area contributed by atoms with Crippen molar-refractivity contribution in [2.75, 3.05) is 44.7 Å². The molecule has 0 bridgehead atoms. The number of likely N-dealkylation sites (N-methyl/N-ethyl adjacent to an activating group) is 1. The normalized spacial score (nSPS) is 20.0. The van der Waals surface area contributed by atoms with Crippen molar-refractivity contribution in [1.82, 2.24) is 29.7 Å². The summed E-state index contributed by atoms with van der Waals surface area (Å²) in [5, 5.41) is 14.6. The van der Waals surface area contributed by atoms with Crippen LogP contribution < -0.4 is 20.5 Å². The lowest BCUT2D eigenvalue weighted by molar-refractivity contribution is 0.188. The smallest absolute Gasteiger partial charge is 0.319 e. The molecule has 4 heterocycles. The van der Waals surface area contributed by atoms with Gasteiger partial charge in [-0.3, -0.25) is 9.36 Å². The minimum atomic E-state index is -0.260. The Morgan fingerprint density at radius 2 is 1.95 bits per heavy atom. The highest BCUT2D eigenvalue weighted by Gasteiger charge is 2.27. The number of ether oxygens (including phenoxy) is 1. The van der Waals surface area contributed by atoms with E-state index in [0.29, 0.717) is 49.8 Å². The van der Waals surface area contributed by atoms with Crippen molar-refractivity contribution in [3.8, 4) is 17.8 Å². The molecule has 2 aliphatic rings. The second kappa shape index (κ2) is 10.6. The first-order valence-electron chi connectivity index (χ1n) is 13.5. The SMILES string of the molecule is Cc1nc2c(N3CCN[C@@H](CC#N)C3)nc(OC[C@@H]3CCCN3C)nc2c(=O)n1-c1cccc2ccccc12. The standard InChI is InChI=1S/C29H32N8O2/c1-19-32-25-26(28(38)37(19)24-11-5-8-20-7-3-4-10-23(20)24)33-29(39-18-22-9-6-15-35(22)2)34-27(25)36-16-14-31-21(17-36)12-13-30/h3-5,7-8,10-11,21-22,31H,6,9,12,14-18H2,1-2H3/t21-,22-/m0/s1. The van der Waals surface area contributed by atoms with E-state index >= 15 is 0 Å². The van der Waals surface area contributed by atoms with E-state index < -0.39 is 0 Å². The summed E-state index contributed by atoms with van der Waals surface area (Å²) in [6, 6.07) is 16.6. The van der Waals surface area contributed by atoms with Crippen LogP contribution >= 0.6 is 0 Å².